The summed E-state index contributed by atoms with van der Waals surface area (Å²) in [5.41, 5.74) is 2.56. The molecule has 26 heavy (non-hydrogen) atoms. The first-order valence-corrected chi connectivity index (χ1v) is 9.48. The SMILES string of the molecule is CCCCNC(=O)c1cnc(Nc2ccc(N3CCCCC3)cc2)cn1. The molecule has 1 amide bonds. The quantitative estimate of drug-likeness (QED) is 0.742. The van der Waals surface area contributed by atoms with Crippen molar-refractivity contribution in [3.63, 3.8) is 0 Å². The van der Waals surface area contributed by atoms with E-state index in [0.29, 0.717) is 18.1 Å². The number of anilines is 3. The van der Waals surface area contributed by atoms with Crippen molar-refractivity contribution in [3.8, 4) is 0 Å². The molecule has 0 unspecified atom stereocenters. The summed E-state index contributed by atoms with van der Waals surface area (Å²) in [5.74, 6) is 0.448. The summed E-state index contributed by atoms with van der Waals surface area (Å²) in [5, 5.41) is 6.07. The lowest BCUT2D eigenvalue weighted by Gasteiger charge is -2.28. The highest BCUT2D eigenvalue weighted by molar-refractivity contribution is 5.92. The number of carbonyl (C=O) groups excluding carboxylic acids is 1. The minimum Gasteiger partial charge on any atom is -0.372 e. The van der Waals surface area contributed by atoms with Gasteiger partial charge in [0.2, 0.25) is 0 Å². The lowest BCUT2D eigenvalue weighted by atomic mass is 10.1. The zero-order valence-electron chi connectivity index (χ0n) is 15.4. The predicted molar refractivity (Wildman–Crippen MR) is 105 cm³/mol. The van der Waals surface area contributed by atoms with Crippen molar-refractivity contribution in [1.82, 2.24) is 15.3 Å². The fraction of sp³-hybridized carbons (Fsp3) is 0.450. The van der Waals surface area contributed by atoms with E-state index in [0.717, 1.165) is 31.6 Å². The highest BCUT2D eigenvalue weighted by atomic mass is 16.1. The Bertz CT molecular complexity index is 693. The third-order valence-electron chi connectivity index (χ3n) is 4.56. The number of piperidine rings is 1. The molecule has 0 radical (unpaired) electrons. The van der Waals surface area contributed by atoms with Crippen LogP contribution in [0.2, 0.25) is 0 Å². The van der Waals surface area contributed by atoms with Gasteiger partial charge in [0.15, 0.2) is 0 Å². The highest BCUT2D eigenvalue weighted by Crippen LogP contribution is 2.23. The second kappa shape index (κ2) is 9.17. The van der Waals surface area contributed by atoms with Crippen molar-refractivity contribution in [3.05, 3.63) is 42.4 Å². The number of hydrogen-bond donors (Lipinski definition) is 2. The minimum absolute atomic E-state index is 0.177. The van der Waals surface area contributed by atoms with Gasteiger partial charge in [0, 0.05) is 31.0 Å². The van der Waals surface area contributed by atoms with Gasteiger partial charge in [0.25, 0.3) is 5.91 Å². The number of nitrogens with one attached hydrogen (secondary N) is 2. The fourth-order valence-electron chi connectivity index (χ4n) is 3.03. The second-order valence-corrected chi connectivity index (χ2v) is 6.62. The number of rotatable bonds is 7. The maximum Gasteiger partial charge on any atom is 0.271 e. The van der Waals surface area contributed by atoms with Gasteiger partial charge in [0.05, 0.1) is 12.4 Å². The number of benzene rings is 1. The van der Waals surface area contributed by atoms with Crippen LogP contribution in [0.5, 0.6) is 0 Å². The molecule has 1 aromatic carbocycles. The Balaban J connectivity index is 1.56. The third-order valence-corrected chi connectivity index (χ3v) is 4.56. The van der Waals surface area contributed by atoms with E-state index >= 15 is 0 Å². The molecule has 0 aliphatic carbocycles. The van der Waals surface area contributed by atoms with E-state index in [9.17, 15) is 4.79 Å². The summed E-state index contributed by atoms with van der Waals surface area (Å²) in [6, 6.07) is 8.38. The summed E-state index contributed by atoms with van der Waals surface area (Å²) in [6.07, 6.45) is 8.99. The van der Waals surface area contributed by atoms with E-state index < -0.39 is 0 Å². The molecule has 2 aromatic rings. The van der Waals surface area contributed by atoms with Crippen LogP contribution >= 0.6 is 0 Å². The van der Waals surface area contributed by atoms with E-state index in [-0.39, 0.29) is 5.91 Å². The summed E-state index contributed by atoms with van der Waals surface area (Å²) in [7, 11) is 0. The normalized spacial score (nSPS) is 14.1. The van der Waals surface area contributed by atoms with Gasteiger partial charge in [-0.3, -0.25) is 4.79 Å². The van der Waals surface area contributed by atoms with Crippen LogP contribution in [0, 0.1) is 0 Å². The molecule has 1 aromatic heterocycles. The molecule has 2 N–H and O–H groups in total. The van der Waals surface area contributed by atoms with Crippen LogP contribution in [0.4, 0.5) is 17.2 Å². The van der Waals surface area contributed by atoms with Crippen molar-refractivity contribution in [2.45, 2.75) is 39.0 Å². The Kier molecular flexibility index (Phi) is 6.41. The van der Waals surface area contributed by atoms with Gasteiger partial charge in [0.1, 0.15) is 11.5 Å². The van der Waals surface area contributed by atoms with Crippen LogP contribution in [-0.2, 0) is 0 Å². The molecule has 6 nitrogen and oxygen atoms in total. The van der Waals surface area contributed by atoms with Crippen molar-refractivity contribution < 1.29 is 4.79 Å². The Labute approximate surface area is 155 Å². The molecular weight excluding hydrogens is 326 g/mol. The van der Waals surface area contributed by atoms with Gasteiger partial charge in [-0.2, -0.15) is 0 Å². The van der Waals surface area contributed by atoms with E-state index in [1.165, 1.54) is 31.1 Å². The van der Waals surface area contributed by atoms with Crippen LogP contribution in [0.15, 0.2) is 36.7 Å². The van der Waals surface area contributed by atoms with Gasteiger partial charge in [-0.25, -0.2) is 9.97 Å². The van der Waals surface area contributed by atoms with Crippen LogP contribution in [-0.4, -0.2) is 35.5 Å². The van der Waals surface area contributed by atoms with Gasteiger partial charge in [-0.05, 0) is 49.9 Å². The molecular formula is C20H27N5O. The highest BCUT2D eigenvalue weighted by Gasteiger charge is 2.11. The maximum absolute atomic E-state index is 11.9. The van der Waals surface area contributed by atoms with Gasteiger partial charge >= 0.3 is 0 Å². The van der Waals surface area contributed by atoms with Crippen LogP contribution in [0.3, 0.4) is 0 Å². The summed E-state index contributed by atoms with van der Waals surface area (Å²) >= 11 is 0. The summed E-state index contributed by atoms with van der Waals surface area (Å²) < 4.78 is 0. The van der Waals surface area contributed by atoms with Gasteiger partial charge < -0.3 is 15.5 Å². The van der Waals surface area contributed by atoms with E-state index in [1.807, 2.05) is 0 Å². The summed E-state index contributed by atoms with van der Waals surface area (Å²) in [4.78, 5) is 22.9. The molecule has 0 saturated carbocycles. The van der Waals surface area contributed by atoms with Crippen molar-refractivity contribution >= 4 is 23.1 Å². The number of amides is 1. The number of carbonyl (C=O) groups is 1. The first kappa shape index (κ1) is 18.2. The number of aromatic nitrogens is 2. The molecule has 3 rings (SSSR count). The average molecular weight is 353 g/mol. The van der Waals surface area contributed by atoms with Crippen LogP contribution in [0.1, 0.15) is 49.5 Å². The molecule has 138 valence electrons. The van der Waals surface area contributed by atoms with E-state index in [1.54, 1.807) is 6.20 Å². The standard InChI is InChI=1S/C20H27N5O/c1-2-3-11-21-20(26)18-14-23-19(15-22-18)24-16-7-9-17(10-8-16)25-12-5-4-6-13-25/h7-10,14-15H,2-6,11-13H2,1H3,(H,21,26)(H,23,24). The molecule has 1 aliphatic heterocycles. The minimum atomic E-state index is -0.177. The Morgan fingerprint density at radius 1 is 1.08 bits per heavy atom. The van der Waals surface area contributed by atoms with Gasteiger partial charge in [-0.1, -0.05) is 13.3 Å². The first-order chi connectivity index (χ1) is 12.8. The molecule has 6 heteroatoms. The smallest absolute Gasteiger partial charge is 0.271 e. The lowest BCUT2D eigenvalue weighted by Crippen LogP contribution is -2.29. The van der Waals surface area contributed by atoms with Crippen molar-refractivity contribution in [2.75, 3.05) is 29.9 Å². The number of unbranched alkanes of at least 4 members (excludes halogenated alkanes) is 1. The number of hydrogen-bond acceptors (Lipinski definition) is 5. The third kappa shape index (κ3) is 4.94. The Morgan fingerprint density at radius 3 is 2.50 bits per heavy atom. The Morgan fingerprint density at radius 2 is 1.85 bits per heavy atom. The van der Waals surface area contributed by atoms with Crippen molar-refractivity contribution in [1.29, 1.82) is 0 Å². The van der Waals surface area contributed by atoms with E-state index in [4.69, 9.17) is 0 Å². The molecule has 0 bridgehead atoms. The first-order valence-electron chi connectivity index (χ1n) is 9.48. The largest absolute Gasteiger partial charge is 0.372 e. The monoisotopic (exact) mass is 353 g/mol. The second-order valence-electron chi connectivity index (χ2n) is 6.62. The van der Waals surface area contributed by atoms with Crippen molar-refractivity contribution in [2.24, 2.45) is 0 Å². The topological polar surface area (TPSA) is 70.2 Å². The molecule has 0 spiro atoms. The summed E-state index contributed by atoms with van der Waals surface area (Å²) in [6.45, 7) is 5.03. The zero-order valence-corrected chi connectivity index (χ0v) is 15.4. The fourth-order valence-corrected chi connectivity index (χ4v) is 3.03. The number of nitrogens with zero attached hydrogens (tertiary/aromatic N) is 3. The lowest BCUT2D eigenvalue weighted by molar-refractivity contribution is 0.0948. The molecule has 1 fully saturated rings. The van der Waals surface area contributed by atoms with Crippen LogP contribution < -0.4 is 15.5 Å². The average Bonchev–Trinajstić information content (AvgIpc) is 2.70. The molecule has 1 saturated heterocycles. The molecule has 1 aliphatic rings. The van der Waals surface area contributed by atoms with E-state index in [2.05, 4.69) is 56.7 Å². The zero-order chi connectivity index (χ0) is 18.2. The van der Waals surface area contributed by atoms with Gasteiger partial charge in [-0.15, -0.1) is 0 Å². The maximum atomic E-state index is 11.9. The predicted octanol–water partition coefficient (Wildman–Crippen LogP) is 3.74. The Hall–Kier alpha value is -2.63. The van der Waals surface area contributed by atoms with Crippen LogP contribution in [0.25, 0.3) is 0 Å². The molecule has 2 heterocycles. The molecule has 0 atom stereocenters.